The zero-order valence-electron chi connectivity index (χ0n) is 16.0. The molecular formula is C20H25ClFN5O. The fourth-order valence-electron chi connectivity index (χ4n) is 3.12. The van der Waals surface area contributed by atoms with Crippen molar-refractivity contribution in [1.29, 1.82) is 0 Å². The maximum atomic E-state index is 13.9. The summed E-state index contributed by atoms with van der Waals surface area (Å²) in [5.41, 5.74) is 0. The number of halogens is 2. The van der Waals surface area contributed by atoms with Gasteiger partial charge in [-0.3, -0.25) is 4.99 Å². The molecule has 0 spiro atoms. The maximum absolute atomic E-state index is 13.9. The van der Waals surface area contributed by atoms with Crippen molar-refractivity contribution in [2.75, 3.05) is 31.6 Å². The fourth-order valence-corrected chi connectivity index (χ4v) is 3.30. The normalized spacial score (nSPS) is 18.1. The highest BCUT2D eigenvalue weighted by Crippen LogP contribution is 2.21. The van der Waals surface area contributed by atoms with Gasteiger partial charge in [0.25, 0.3) is 0 Å². The summed E-state index contributed by atoms with van der Waals surface area (Å²) in [5, 5.41) is 7.30. The van der Waals surface area contributed by atoms with Gasteiger partial charge in [0.2, 0.25) is 0 Å². The van der Waals surface area contributed by atoms with E-state index in [1.54, 1.807) is 25.4 Å². The summed E-state index contributed by atoms with van der Waals surface area (Å²) in [7, 11) is 1.73. The Bertz CT molecular complexity index is 819. The summed E-state index contributed by atoms with van der Waals surface area (Å²) in [6, 6.07) is 10.5. The summed E-state index contributed by atoms with van der Waals surface area (Å²) < 4.78 is 19.8. The van der Waals surface area contributed by atoms with Crippen molar-refractivity contribution in [1.82, 2.24) is 15.6 Å². The third-order valence-corrected chi connectivity index (χ3v) is 4.72. The minimum atomic E-state index is -0.294. The van der Waals surface area contributed by atoms with E-state index in [1.165, 1.54) is 6.07 Å². The lowest BCUT2D eigenvalue weighted by molar-refractivity contribution is 0.223. The average Bonchev–Trinajstić information content (AvgIpc) is 3.13. The molecule has 0 saturated carbocycles. The van der Waals surface area contributed by atoms with Gasteiger partial charge in [-0.25, -0.2) is 9.37 Å². The molecule has 0 amide bonds. The smallest absolute Gasteiger partial charge is 0.191 e. The van der Waals surface area contributed by atoms with Crippen LogP contribution in [0.1, 0.15) is 13.3 Å². The number of rotatable bonds is 6. The van der Waals surface area contributed by atoms with Crippen LogP contribution in [0.5, 0.6) is 5.75 Å². The van der Waals surface area contributed by atoms with Crippen molar-refractivity contribution < 1.29 is 9.13 Å². The molecule has 28 heavy (non-hydrogen) atoms. The van der Waals surface area contributed by atoms with Gasteiger partial charge in [-0.2, -0.15) is 0 Å². The second kappa shape index (κ2) is 9.59. The van der Waals surface area contributed by atoms with Crippen molar-refractivity contribution in [3.8, 4) is 5.75 Å². The minimum absolute atomic E-state index is 0.0697. The van der Waals surface area contributed by atoms with Crippen molar-refractivity contribution in [2.24, 2.45) is 4.99 Å². The Kier molecular flexibility index (Phi) is 6.92. The lowest BCUT2D eigenvalue weighted by Crippen LogP contribution is -2.47. The molecule has 2 N–H and O–H groups in total. The molecule has 0 bridgehead atoms. The average molecular weight is 406 g/mol. The van der Waals surface area contributed by atoms with E-state index in [9.17, 15) is 4.39 Å². The number of hydrogen-bond acceptors (Lipinski definition) is 4. The van der Waals surface area contributed by atoms with Crippen LogP contribution in [0.4, 0.5) is 10.2 Å². The van der Waals surface area contributed by atoms with Crippen LogP contribution in [0.3, 0.4) is 0 Å². The predicted molar refractivity (Wildman–Crippen MR) is 111 cm³/mol. The molecular weight excluding hydrogens is 381 g/mol. The fraction of sp³-hybridized carbons (Fsp3) is 0.400. The summed E-state index contributed by atoms with van der Waals surface area (Å²) in [5.74, 6) is 1.53. The van der Waals surface area contributed by atoms with Crippen LogP contribution in [0.25, 0.3) is 0 Å². The first kappa shape index (κ1) is 20.2. The van der Waals surface area contributed by atoms with Crippen molar-refractivity contribution in [2.45, 2.75) is 25.5 Å². The van der Waals surface area contributed by atoms with Crippen LogP contribution in [0.15, 0.2) is 47.6 Å². The summed E-state index contributed by atoms with van der Waals surface area (Å²) >= 11 is 5.98. The van der Waals surface area contributed by atoms with Crippen LogP contribution >= 0.6 is 11.6 Å². The second-order valence-electron chi connectivity index (χ2n) is 6.72. The first-order valence-electron chi connectivity index (χ1n) is 9.30. The SMILES string of the molecule is CN=C(NCC(C)Oc1cccc(Cl)c1)NC1CCN(c2ncccc2F)C1. The van der Waals surface area contributed by atoms with Gasteiger partial charge in [-0.15, -0.1) is 0 Å². The van der Waals surface area contributed by atoms with E-state index >= 15 is 0 Å². The molecule has 2 atom stereocenters. The molecule has 0 aliphatic carbocycles. The zero-order valence-corrected chi connectivity index (χ0v) is 16.8. The molecule has 8 heteroatoms. The standard InChI is InChI=1S/C20H25ClFN5O/c1-14(28-17-6-3-5-15(21)11-17)12-25-20(23-2)26-16-8-10-27(13-16)19-18(22)7-4-9-24-19/h3-7,9,11,14,16H,8,10,12-13H2,1-2H3,(H2,23,25,26). The van der Waals surface area contributed by atoms with Crippen molar-refractivity contribution in [3.63, 3.8) is 0 Å². The number of aromatic nitrogens is 1. The Morgan fingerprint density at radius 3 is 3.04 bits per heavy atom. The summed E-state index contributed by atoms with van der Waals surface area (Å²) in [6.07, 6.45) is 2.42. The number of aliphatic imine (C=N–C) groups is 1. The maximum Gasteiger partial charge on any atom is 0.191 e. The van der Waals surface area contributed by atoms with E-state index in [4.69, 9.17) is 16.3 Å². The van der Waals surface area contributed by atoms with E-state index in [1.807, 2.05) is 30.0 Å². The van der Waals surface area contributed by atoms with Gasteiger partial charge in [0.05, 0.1) is 6.54 Å². The topological polar surface area (TPSA) is 61.8 Å². The molecule has 2 heterocycles. The summed E-state index contributed by atoms with van der Waals surface area (Å²) in [6.45, 7) is 3.97. The van der Waals surface area contributed by atoms with Gasteiger partial charge in [0.1, 0.15) is 11.9 Å². The van der Waals surface area contributed by atoms with Gasteiger partial charge < -0.3 is 20.3 Å². The molecule has 1 saturated heterocycles. The Morgan fingerprint density at radius 2 is 2.29 bits per heavy atom. The minimum Gasteiger partial charge on any atom is -0.489 e. The third-order valence-electron chi connectivity index (χ3n) is 4.48. The molecule has 2 aromatic rings. The monoisotopic (exact) mass is 405 g/mol. The molecule has 1 aliphatic heterocycles. The lowest BCUT2D eigenvalue weighted by atomic mass is 10.3. The Balaban J connectivity index is 1.46. The molecule has 2 unspecified atom stereocenters. The number of anilines is 1. The van der Waals surface area contributed by atoms with Gasteiger partial charge in [-0.1, -0.05) is 17.7 Å². The Labute approximate surface area is 169 Å². The molecule has 1 aromatic carbocycles. The van der Waals surface area contributed by atoms with Gasteiger partial charge >= 0.3 is 0 Å². The Hall–Kier alpha value is -2.54. The van der Waals surface area contributed by atoms with Crippen LogP contribution < -0.4 is 20.3 Å². The van der Waals surface area contributed by atoms with Crippen LogP contribution in [-0.2, 0) is 0 Å². The lowest BCUT2D eigenvalue weighted by Gasteiger charge is -2.21. The van der Waals surface area contributed by atoms with Crippen molar-refractivity contribution >= 4 is 23.4 Å². The van der Waals surface area contributed by atoms with Gasteiger partial charge in [0.15, 0.2) is 17.6 Å². The van der Waals surface area contributed by atoms with E-state index in [0.29, 0.717) is 29.9 Å². The second-order valence-corrected chi connectivity index (χ2v) is 7.16. The molecule has 0 radical (unpaired) electrons. The van der Waals surface area contributed by atoms with Crippen LogP contribution in [0, 0.1) is 5.82 Å². The number of guanidine groups is 1. The number of hydrogen-bond donors (Lipinski definition) is 2. The third kappa shape index (κ3) is 5.48. The molecule has 6 nitrogen and oxygen atoms in total. The highest BCUT2D eigenvalue weighted by molar-refractivity contribution is 6.30. The first-order valence-corrected chi connectivity index (χ1v) is 9.68. The molecule has 1 aromatic heterocycles. The molecule has 1 fully saturated rings. The van der Waals surface area contributed by atoms with E-state index in [-0.39, 0.29) is 18.0 Å². The molecule has 1 aliphatic rings. The predicted octanol–water partition coefficient (Wildman–Crippen LogP) is 3.09. The largest absolute Gasteiger partial charge is 0.489 e. The van der Waals surface area contributed by atoms with Crippen LogP contribution in [-0.4, -0.2) is 49.8 Å². The number of ether oxygens (including phenoxy) is 1. The molecule has 150 valence electrons. The van der Waals surface area contributed by atoms with E-state index < -0.39 is 0 Å². The number of benzene rings is 1. The number of nitrogens with zero attached hydrogens (tertiary/aromatic N) is 3. The van der Waals surface area contributed by atoms with Crippen LogP contribution in [0.2, 0.25) is 5.02 Å². The van der Waals surface area contributed by atoms with Gasteiger partial charge in [0, 0.05) is 37.4 Å². The number of nitrogens with one attached hydrogen (secondary N) is 2. The first-order chi connectivity index (χ1) is 13.5. The molecule has 3 rings (SSSR count). The highest BCUT2D eigenvalue weighted by Gasteiger charge is 2.26. The Morgan fingerprint density at radius 1 is 1.43 bits per heavy atom. The highest BCUT2D eigenvalue weighted by atomic mass is 35.5. The van der Waals surface area contributed by atoms with Crippen molar-refractivity contribution in [3.05, 3.63) is 53.4 Å². The van der Waals surface area contributed by atoms with E-state index in [0.717, 1.165) is 18.7 Å². The zero-order chi connectivity index (χ0) is 19.9. The van der Waals surface area contributed by atoms with E-state index in [2.05, 4.69) is 20.6 Å². The quantitative estimate of drug-likeness (QED) is 0.571. The summed E-state index contributed by atoms with van der Waals surface area (Å²) in [4.78, 5) is 10.4. The van der Waals surface area contributed by atoms with Gasteiger partial charge in [-0.05, 0) is 43.7 Å². The number of pyridine rings is 1.